The summed E-state index contributed by atoms with van der Waals surface area (Å²) in [5, 5.41) is 12.2. The number of nitriles is 1. The molecule has 0 amide bonds. The Hall–Kier alpha value is -4.10. The lowest BCUT2D eigenvalue weighted by Crippen LogP contribution is -2.30. The molecule has 0 bridgehead atoms. The molecule has 1 aliphatic carbocycles. The Bertz CT molecular complexity index is 1720. The first-order chi connectivity index (χ1) is 17.6. The van der Waals surface area contributed by atoms with Gasteiger partial charge in [-0.3, -0.25) is 0 Å². The minimum absolute atomic E-state index is 0.290. The lowest BCUT2D eigenvalue weighted by atomic mass is 9.82. The molecule has 0 saturated heterocycles. The van der Waals surface area contributed by atoms with E-state index in [-0.39, 0.29) is 0 Å². The van der Waals surface area contributed by atoms with Crippen LogP contribution in [0.2, 0.25) is 0 Å². The third-order valence-corrected chi connectivity index (χ3v) is 8.13. The number of benzene rings is 3. The van der Waals surface area contributed by atoms with E-state index in [1.807, 2.05) is 18.2 Å². The number of hydrogen-bond donors (Lipinski definition) is 0. The van der Waals surface area contributed by atoms with Crippen LogP contribution in [0.3, 0.4) is 0 Å². The number of rotatable bonds is 2. The molecule has 7 rings (SSSR count). The largest absolute Gasteiger partial charge is 0.489 e. The molecule has 3 aromatic carbocycles. The van der Waals surface area contributed by atoms with Gasteiger partial charge in [0.1, 0.15) is 30.1 Å². The SMILES string of the molecule is Cc1ccc2c(oc3c(-c4ccc5c(c4)C4CCCCC4O5)c(C#N)ccc32)c1-c1cccc[n+]1C. The van der Waals surface area contributed by atoms with Gasteiger partial charge >= 0.3 is 0 Å². The van der Waals surface area contributed by atoms with Gasteiger partial charge in [-0.1, -0.05) is 24.6 Å². The number of aromatic nitrogens is 1. The van der Waals surface area contributed by atoms with Crippen LogP contribution in [0.4, 0.5) is 0 Å². The summed E-state index contributed by atoms with van der Waals surface area (Å²) in [4.78, 5) is 0. The zero-order chi connectivity index (χ0) is 24.4. The predicted molar refractivity (Wildman–Crippen MR) is 141 cm³/mol. The van der Waals surface area contributed by atoms with Gasteiger partial charge in [0.25, 0.3) is 0 Å². The minimum atomic E-state index is 0.290. The predicted octanol–water partition coefficient (Wildman–Crippen LogP) is 7.34. The van der Waals surface area contributed by atoms with E-state index in [1.54, 1.807) is 0 Å². The lowest BCUT2D eigenvalue weighted by Gasteiger charge is -2.23. The van der Waals surface area contributed by atoms with Crippen LogP contribution < -0.4 is 9.30 Å². The van der Waals surface area contributed by atoms with Crippen molar-refractivity contribution < 1.29 is 13.7 Å². The van der Waals surface area contributed by atoms with Crippen molar-refractivity contribution in [1.82, 2.24) is 0 Å². The van der Waals surface area contributed by atoms with E-state index in [0.717, 1.165) is 68.5 Å². The summed E-state index contributed by atoms with van der Waals surface area (Å²) in [6.07, 6.45) is 7.11. The van der Waals surface area contributed by atoms with E-state index < -0.39 is 0 Å². The Morgan fingerprint density at radius 3 is 2.56 bits per heavy atom. The van der Waals surface area contributed by atoms with Crippen LogP contribution in [-0.2, 0) is 7.05 Å². The van der Waals surface area contributed by atoms with Crippen molar-refractivity contribution in [2.45, 2.75) is 44.6 Å². The number of nitrogens with zero attached hydrogens (tertiary/aromatic N) is 2. The van der Waals surface area contributed by atoms with E-state index in [2.05, 4.69) is 73.3 Å². The van der Waals surface area contributed by atoms with Crippen molar-refractivity contribution >= 4 is 21.9 Å². The third kappa shape index (κ3) is 3.02. The minimum Gasteiger partial charge on any atom is -0.489 e. The first-order valence-electron chi connectivity index (χ1n) is 12.8. The Labute approximate surface area is 210 Å². The second-order valence-corrected chi connectivity index (χ2v) is 10.2. The lowest BCUT2D eigenvalue weighted by molar-refractivity contribution is -0.660. The van der Waals surface area contributed by atoms with Crippen molar-refractivity contribution in [3.63, 3.8) is 0 Å². The molecule has 3 heterocycles. The van der Waals surface area contributed by atoms with Crippen LogP contribution in [0.15, 0.2) is 71.3 Å². The zero-order valence-electron chi connectivity index (χ0n) is 20.5. The maximum Gasteiger partial charge on any atom is 0.216 e. The molecule has 176 valence electrons. The summed E-state index contributed by atoms with van der Waals surface area (Å²) in [6, 6.07) is 23.3. The Balaban J connectivity index is 1.49. The van der Waals surface area contributed by atoms with E-state index in [9.17, 15) is 5.26 Å². The normalized spacial score (nSPS) is 18.6. The molecule has 1 fully saturated rings. The smallest absolute Gasteiger partial charge is 0.216 e. The topological polar surface area (TPSA) is 50.0 Å². The van der Waals surface area contributed by atoms with Crippen molar-refractivity contribution in [3.8, 4) is 34.2 Å². The molecule has 4 heteroatoms. The van der Waals surface area contributed by atoms with Crippen LogP contribution >= 0.6 is 0 Å². The molecule has 1 aliphatic heterocycles. The monoisotopic (exact) mass is 471 g/mol. The highest BCUT2D eigenvalue weighted by Gasteiger charge is 2.36. The van der Waals surface area contributed by atoms with Gasteiger partial charge in [-0.25, -0.2) is 4.57 Å². The summed E-state index contributed by atoms with van der Waals surface area (Å²) >= 11 is 0. The van der Waals surface area contributed by atoms with E-state index in [0.29, 0.717) is 17.6 Å². The molecule has 4 nitrogen and oxygen atoms in total. The van der Waals surface area contributed by atoms with Crippen molar-refractivity contribution in [2.75, 3.05) is 0 Å². The van der Waals surface area contributed by atoms with Crippen LogP contribution in [0.25, 0.3) is 44.3 Å². The summed E-state index contributed by atoms with van der Waals surface area (Å²) < 4.78 is 15.1. The highest BCUT2D eigenvalue weighted by Crippen LogP contribution is 2.48. The van der Waals surface area contributed by atoms with E-state index in [4.69, 9.17) is 9.15 Å². The van der Waals surface area contributed by atoms with E-state index >= 15 is 0 Å². The van der Waals surface area contributed by atoms with Crippen LogP contribution in [0, 0.1) is 18.3 Å². The van der Waals surface area contributed by atoms with Gasteiger partial charge in [0.2, 0.25) is 5.69 Å². The molecule has 2 aliphatic rings. The molecule has 0 spiro atoms. The van der Waals surface area contributed by atoms with Gasteiger partial charge < -0.3 is 9.15 Å². The average Bonchev–Trinajstić information content (AvgIpc) is 3.46. The number of fused-ring (bicyclic) bond motifs is 6. The fraction of sp³-hybridized carbons (Fsp3) is 0.250. The summed E-state index contributed by atoms with van der Waals surface area (Å²) in [7, 11) is 2.06. The Kier molecular flexibility index (Phi) is 4.69. The number of ether oxygens (including phenoxy) is 1. The molecule has 2 atom stereocenters. The van der Waals surface area contributed by atoms with Gasteiger partial charge in [-0.2, -0.15) is 5.26 Å². The first kappa shape index (κ1) is 21.2. The molecule has 5 aromatic rings. The average molecular weight is 472 g/mol. The Morgan fingerprint density at radius 1 is 0.917 bits per heavy atom. The molecule has 1 saturated carbocycles. The van der Waals surface area contributed by atoms with Gasteiger partial charge in [0, 0.05) is 39.9 Å². The first-order valence-corrected chi connectivity index (χ1v) is 12.8. The number of aryl methyl sites for hydroxylation is 2. The molecular formula is C32H27N2O2+. The van der Waals surface area contributed by atoms with Crippen molar-refractivity contribution in [1.29, 1.82) is 5.26 Å². The second kappa shape index (κ2) is 7.96. The van der Waals surface area contributed by atoms with Crippen molar-refractivity contribution in [2.24, 2.45) is 7.05 Å². The van der Waals surface area contributed by atoms with Crippen molar-refractivity contribution in [3.05, 3.63) is 83.6 Å². The number of pyridine rings is 1. The van der Waals surface area contributed by atoms with Crippen LogP contribution in [0.1, 0.15) is 48.3 Å². The fourth-order valence-electron chi connectivity index (χ4n) is 6.34. The Morgan fingerprint density at radius 2 is 1.72 bits per heavy atom. The number of hydrogen-bond acceptors (Lipinski definition) is 3. The van der Waals surface area contributed by atoms with Gasteiger partial charge in [-0.05, 0) is 67.6 Å². The zero-order valence-corrected chi connectivity index (χ0v) is 20.5. The molecule has 36 heavy (non-hydrogen) atoms. The molecule has 2 unspecified atom stereocenters. The van der Waals surface area contributed by atoms with E-state index in [1.165, 1.54) is 18.4 Å². The quantitative estimate of drug-likeness (QED) is 0.253. The highest BCUT2D eigenvalue weighted by molar-refractivity contribution is 6.14. The summed E-state index contributed by atoms with van der Waals surface area (Å²) in [6.45, 7) is 2.12. The molecule has 2 aromatic heterocycles. The summed E-state index contributed by atoms with van der Waals surface area (Å²) in [5.41, 5.74) is 8.77. The van der Waals surface area contributed by atoms with Crippen LogP contribution in [0.5, 0.6) is 5.75 Å². The highest BCUT2D eigenvalue weighted by atomic mass is 16.5. The van der Waals surface area contributed by atoms with Crippen LogP contribution in [-0.4, -0.2) is 6.10 Å². The standard InChI is InChI=1S/C32H27N2O2/c1-19-10-13-23-24-14-11-21(18-33)30(32(24)36-31(23)29(19)26-8-5-6-16-34(26)2)20-12-15-28-25(17-20)22-7-3-4-9-27(22)35-28/h5-6,8,10-17,22,27H,3-4,7,9H2,1-2H3/q+1. The molecule has 0 radical (unpaired) electrons. The molecule has 0 N–H and O–H groups in total. The second-order valence-electron chi connectivity index (χ2n) is 10.2. The van der Waals surface area contributed by atoms with Gasteiger partial charge in [0.05, 0.1) is 17.2 Å². The summed E-state index contributed by atoms with van der Waals surface area (Å²) in [5.74, 6) is 1.45. The molecular weight excluding hydrogens is 444 g/mol. The third-order valence-electron chi connectivity index (χ3n) is 8.13. The maximum atomic E-state index is 10.1. The van der Waals surface area contributed by atoms with Gasteiger partial charge in [-0.15, -0.1) is 0 Å². The number of furan rings is 1. The fourth-order valence-corrected chi connectivity index (χ4v) is 6.34. The van der Waals surface area contributed by atoms with Gasteiger partial charge in [0.15, 0.2) is 6.20 Å². The maximum absolute atomic E-state index is 10.1.